The largest absolute Gasteiger partial charge is 0.419 e. The molecule has 0 aliphatic carbocycles. The number of hydrogen-bond acceptors (Lipinski definition) is 4. The molecule has 0 amide bonds. The van der Waals surface area contributed by atoms with Crippen LogP contribution in [0.25, 0.3) is 0 Å². The zero-order valence-corrected chi connectivity index (χ0v) is 13.5. The topological polar surface area (TPSA) is 56.9 Å². The molecule has 1 N–H and O–H groups in total. The summed E-state index contributed by atoms with van der Waals surface area (Å²) in [4.78, 5) is 0. The van der Waals surface area contributed by atoms with E-state index in [0.29, 0.717) is 13.2 Å². The SMILES string of the molecule is Cn1nccc1[C@@H]1OCC[C@H]1CNCc1c(C(F)(F)F)cnn1C. The number of halogens is 3. The highest BCUT2D eigenvalue weighted by Gasteiger charge is 2.36. The molecule has 0 aromatic carbocycles. The van der Waals surface area contributed by atoms with Gasteiger partial charge in [-0.3, -0.25) is 9.36 Å². The molecule has 3 rings (SSSR count). The van der Waals surface area contributed by atoms with Crippen LogP contribution in [0.4, 0.5) is 13.2 Å². The van der Waals surface area contributed by atoms with Gasteiger partial charge in [0, 0.05) is 45.9 Å². The molecule has 0 spiro atoms. The predicted octanol–water partition coefficient (Wildman–Crippen LogP) is 2.04. The summed E-state index contributed by atoms with van der Waals surface area (Å²) in [6.07, 6.45) is -1.03. The molecule has 9 heteroatoms. The van der Waals surface area contributed by atoms with Crippen molar-refractivity contribution in [3.8, 4) is 0 Å². The lowest BCUT2D eigenvalue weighted by atomic mass is 9.99. The number of aromatic nitrogens is 4. The van der Waals surface area contributed by atoms with Crippen LogP contribution in [-0.2, 0) is 31.6 Å². The van der Waals surface area contributed by atoms with E-state index in [1.54, 1.807) is 10.9 Å². The van der Waals surface area contributed by atoms with Crippen LogP contribution in [-0.4, -0.2) is 32.7 Å². The van der Waals surface area contributed by atoms with Crippen LogP contribution in [0, 0.1) is 5.92 Å². The molecule has 2 aromatic rings. The monoisotopic (exact) mass is 343 g/mol. The number of hydrogen-bond donors (Lipinski definition) is 1. The average molecular weight is 343 g/mol. The first-order valence-electron chi connectivity index (χ1n) is 7.76. The van der Waals surface area contributed by atoms with Crippen molar-refractivity contribution in [2.75, 3.05) is 13.2 Å². The summed E-state index contributed by atoms with van der Waals surface area (Å²) in [6, 6.07) is 1.91. The van der Waals surface area contributed by atoms with E-state index in [4.69, 9.17) is 4.74 Å². The summed E-state index contributed by atoms with van der Waals surface area (Å²) in [5, 5.41) is 11.0. The van der Waals surface area contributed by atoms with Crippen LogP contribution >= 0.6 is 0 Å². The van der Waals surface area contributed by atoms with Gasteiger partial charge in [0.2, 0.25) is 0 Å². The first-order valence-corrected chi connectivity index (χ1v) is 7.76. The van der Waals surface area contributed by atoms with Crippen LogP contribution in [0.2, 0.25) is 0 Å². The van der Waals surface area contributed by atoms with E-state index in [9.17, 15) is 13.2 Å². The van der Waals surface area contributed by atoms with Crippen molar-refractivity contribution in [2.45, 2.75) is 25.2 Å². The van der Waals surface area contributed by atoms with Gasteiger partial charge < -0.3 is 10.1 Å². The van der Waals surface area contributed by atoms with E-state index >= 15 is 0 Å². The molecule has 0 radical (unpaired) electrons. The zero-order chi connectivity index (χ0) is 17.3. The molecule has 1 aliphatic rings. The highest BCUT2D eigenvalue weighted by atomic mass is 19.4. The maximum absolute atomic E-state index is 13.0. The molecule has 132 valence electrons. The Labute approximate surface area is 137 Å². The van der Waals surface area contributed by atoms with E-state index in [1.165, 1.54) is 11.7 Å². The van der Waals surface area contributed by atoms with Crippen molar-refractivity contribution in [1.29, 1.82) is 0 Å². The third-order valence-corrected chi connectivity index (χ3v) is 4.43. The van der Waals surface area contributed by atoms with Crippen molar-refractivity contribution in [3.63, 3.8) is 0 Å². The van der Waals surface area contributed by atoms with Gasteiger partial charge in [0.15, 0.2) is 0 Å². The summed E-state index contributed by atoms with van der Waals surface area (Å²) in [5.41, 5.74) is 0.428. The average Bonchev–Trinajstić information content (AvgIpc) is 3.19. The number of ether oxygens (including phenoxy) is 1. The third-order valence-electron chi connectivity index (χ3n) is 4.43. The summed E-state index contributed by atoms with van der Waals surface area (Å²) in [6.45, 7) is 1.32. The predicted molar refractivity (Wildman–Crippen MR) is 79.9 cm³/mol. The first kappa shape index (κ1) is 17.0. The second-order valence-electron chi connectivity index (χ2n) is 5.98. The third kappa shape index (κ3) is 3.32. The number of alkyl halides is 3. The maximum Gasteiger partial charge on any atom is 0.419 e. The van der Waals surface area contributed by atoms with Crippen LogP contribution in [0.3, 0.4) is 0 Å². The first-order chi connectivity index (χ1) is 11.4. The van der Waals surface area contributed by atoms with Gasteiger partial charge in [-0.15, -0.1) is 0 Å². The zero-order valence-electron chi connectivity index (χ0n) is 13.5. The molecule has 3 heterocycles. The van der Waals surface area contributed by atoms with Crippen LogP contribution in [0.15, 0.2) is 18.5 Å². The van der Waals surface area contributed by atoms with Gasteiger partial charge in [-0.1, -0.05) is 0 Å². The number of nitrogens with zero attached hydrogens (tertiary/aromatic N) is 4. The number of nitrogens with one attached hydrogen (secondary N) is 1. The highest BCUT2D eigenvalue weighted by molar-refractivity contribution is 5.21. The summed E-state index contributed by atoms with van der Waals surface area (Å²) < 4.78 is 47.7. The van der Waals surface area contributed by atoms with E-state index < -0.39 is 11.7 Å². The Morgan fingerprint density at radius 3 is 2.75 bits per heavy atom. The molecule has 6 nitrogen and oxygen atoms in total. The fourth-order valence-corrected chi connectivity index (χ4v) is 3.12. The molecule has 2 aromatic heterocycles. The van der Waals surface area contributed by atoms with Gasteiger partial charge in [-0.05, 0) is 12.5 Å². The second kappa shape index (κ2) is 6.56. The van der Waals surface area contributed by atoms with Gasteiger partial charge in [0.25, 0.3) is 0 Å². The minimum atomic E-state index is -4.39. The van der Waals surface area contributed by atoms with Crippen molar-refractivity contribution in [2.24, 2.45) is 20.0 Å². The van der Waals surface area contributed by atoms with Gasteiger partial charge >= 0.3 is 6.18 Å². The lowest BCUT2D eigenvalue weighted by Gasteiger charge is -2.19. The van der Waals surface area contributed by atoms with Crippen molar-refractivity contribution in [3.05, 3.63) is 35.4 Å². The maximum atomic E-state index is 13.0. The number of aryl methyl sites for hydroxylation is 2. The van der Waals surface area contributed by atoms with E-state index in [0.717, 1.165) is 18.3 Å². The van der Waals surface area contributed by atoms with Crippen LogP contribution in [0.1, 0.15) is 29.5 Å². The minimum absolute atomic E-state index is 0.0846. The van der Waals surface area contributed by atoms with Crippen LogP contribution in [0.5, 0.6) is 0 Å². The standard InChI is InChI=1S/C15H20F3N5O/c1-22-12(3-5-20-22)14-10(4-6-24-14)7-19-9-13-11(15(16,17)18)8-21-23(13)2/h3,5,8,10,14,19H,4,6-7,9H2,1-2H3/t10-,14+/m0/s1. The Balaban J connectivity index is 1.63. The molecule has 1 fully saturated rings. The highest BCUT2D eigenvalue weighted by Crippen LogP contribution is 2.34. The molecule has 0 saturated carbocycles. The summed E-state index contributed by atoms with van der Waals surface area (Å²) in [7, 11) is 3.37. The molecule has 24 heavy (non-hydrogen) atoms. The lowest BCUT2D eigenvalue weighted by molar-refractivity contribution is -0.138. The van der Waals surface area contributed by atoms with Crippen molar-refractivity contribution in [1.82, 2.24) is 24.9 Å². The fraction of sp³-hybridized carbons (Fsp3) is 0.600. The molecule has 0 bridgehead atoms. The molecule has 1 aliphatic heterocycles. The summed E-state index contributed by atoms with van der Waals surface area (Å²) in [5.74, 6) is 0.197. The van der Waals surface area contributed by atoms with E-state index in [-0.39, 0.29) is 24.3 Å². The normalized spacial score (nSPS) is 21.5. The Hall–Kier alpha value is -1.87. The van der Waals surface area contributed by atoms with Crippen molar-refractivity contribution >= 4 is 0 Å². The lowest BCUT2D eigenvalue weighted by Crippen LogP contribution is -2.27. The molecule has 2 atom stereocenters. The number of rotatable bonds is 5. The second-order valence-corrected chi connectivity index (χ2v) is 5.98. The fourth-order valence-electron chi connectivity index (χ4n) is 3.12. The Bertz CT molecular complexity index is 694. The van der Waals surface area contributed by atoms with Gasteiger partial charge in [-0.25, -0.2) is 0 Å². The Morgan fingerprint density at radius 2 is 2.08 bits per heavy atom. The molecular formula is C15H20F3N5O. The van der Waals surface area contributed by atoms with Crippen molar-refractivity contribution < 1.29 is 17.9 Å². The molecule has 1 saturated heterocycles. The van der Waals surface area contributed by atoms with Gasteiger partial charge in [-0.2, -0.15) is 23.4 Å². The molecule has 0 unspecified atom stereocenters. The van der Waals surface area contributed by atoms with Gasteiger partial charge in [0.05, 0.1) is 23.1 Å². The van der Waals surface area contributed by atoms with E-state index in [2.05, 4.69) is 15.5 Å². The Morgan fingerprint density at radius 1 is 1.29 bits per heavy atom. The summed E-state index contributed by atoms with van der Waals surface area (Å²) >= 11 is 0. The van der Waals surface area contributed by atoms with Crippen LogP contribution < -0.4 is 5.32 Å². The van der Waals surface area contributed by atoms with E-state index in [1.807, 2.05) is 13.1 Å². The Kier molecular flexibility index (Phi) is 4.64. The molecular weight excluding hydrogens is 323 g/mol. The smallest absolute Gasteiger partial charge is 0.372 e. The van der Waals surface area contributed by atoms with Gasteiger partial charge in [0.1, 0.15) is 6.10 Å². The minimum Gasteiger partial charge on any atom is -0.372 e. The quantitative estimate of drug-likeness (QED) is 0.903.